The van der Waals surface area contributed by atoms with Crippen molar-refractivity contribution in [3.05, 3.63) is 73.8 Å². The SMILES string of the molecule is O=C(N/N=C\c1cc([N+](=O)[O-])ccc1[O-])c1cccc([N+](=O)[O-])c1. The molecule has 24 heavy (non-hydrogen) atoms. The average Bonchev–Trinajstić information content (AvgIpc) is 2.56. The van der Waals surface area contributed by atoms with Crippen LogP contribution in [0.5, 0.6) is 5.75 Å². The van der Waals surface area contributed by atoms with Crippen molar-refractivity contribution in [2.45, 2.75) is 0 Å². The predicted octanol–water partition coefficient (Wildman–Crippen LogP) is 1.34. The summed E-state index contributed by atoms with van der Waals surface area (Å²) in [7, 11) is 0. The summed E-state index contributed by atoms with van der Waals surface area (Å²) in [6.07, 6.45) is 0.963. The quantitative estimate of drug-likeness (QED) is 0.496. The number of amides is 1. The second kappa shape index (κ2) is 6.96. The lowest BCUT2D eigenvalue weighted by Gasteiger charge is -2.08. The molecule has 0 saturated heterocycles. The molecule has 0 bridgehead atoms. The first kappa shape index (κ1) is 16.5. The van der Waals surface area contributed by atoms with E-state index in [1.807, 2.05) is 0 Å². The van der Waals surface area contributed by atoms with Crippen LogP contribution in [0.25, 0.3) is 0 Å². The Morgan fingerprint density at radius 1 is 1.04 bits per heavy atom. The number of nitrogens with zero attached hydrogens (tertiary/aromatic N) is 3. The fourth-order valence-corrected chi connectivity index (χ4v) is 1.74. The second-order valence-corrected chi connectivity index (χ2v) is 4.49. The normalized spacial score (nSPS) is 10.5. The lowest BCUT2D eigenvalue weighted by molar-refractivity contribution is -0.385. The van der Waals surface area contributed by atoms with Gasteiger partial charge in [-0.3, -0.25) is 25.0 Å². The van der Waals surface area contributed by atoms with Crippen molar-refractivity contribution in [3.8, 4) is 5.75 Å². The third kappa shape index (κ3) is 3.88. The molecule has 0 aromatic heterocycles. The molecule has 0 atom stereocenters. The molecule has 2 aromatic rings. The Morgan fingerprint density at radius 2 is 1.71 bits per heavy atom. The van der Waals surface area contributed by atoms with Gasteiger partial charge in [0.05, 0.1) is 16.1 Å². The summed E-state index contributed by atoms with van der Waals surface area (Å²) >= 11 is 0. The van der Waals surface area contributed by atoms with Gasteiger partial charge in [-0.25, -0.2) is 5.43 Å². The molecular formula is C14H9N4O6-. The number of hydrogen-bond acceptors (Lipinski definition) is 7. The Kier molecular flexibility index (Phi) is 4.80. The first-order chi connectivity index (χ1) is 11.4. The second-order valence-electron chi connectivity index (χ2n) is 4.49. The molecule has 10 nitrogen and oxygen atoms in total. The van der Waals surface area contributed by atoms with Crippen molar-refractivity contribution in [3.63, 3.8) is 0 Å². The van der Waals surface area contributed by atoms with Crippen molar-refractivity contribution in [2.24, 2.45) is 5.10 Å². The molecule has 1 amide bonds. The van der Waals surface area contributed by atoms with Crippen LogP contribution in [0.4, 0.5) is 11.4 Å². The van der Waals surface area contributed by atoms with E-state index in [0.717, 1.165) is 30.5 Å². The monoisotopic (exact) mass is 329 g/mol. The molecule has 122 valence electrons. The van der Waals surface area contributed by atoms with Gasteiger partial charge in [0.25, 0.3) is 17.3 Å². The zero-order valence-electron chi connectivity index (χ0n) is 11.9. The van der Waals surface area contributed by atoms with Gasteiger partial charge in [-0.2, -0.15) is 5.10 Å². The molecule has 2 rings (SSSR count). The largest absolute Gasteiger partial charge is 0.872 e. The van der Waals surface area contributed by atoms with Crippen LogP contribution in [0.15, 0.2) is 47.6 Å². The van der Waals surface area contributed by atoms with Crippen molar-refractivity contribution in [1.82, 2.24) is 5.43 Å². The minimum absolute atomic E-state index is 0.00254. The number of carbonyl (C=O) groups is 1. The highest BCUT2D eigenvalue weighted by atomic mass is 16.6. The number of rotatable bonds is 5. The third-order valence-electron chi connectivity index (χ3n) is 2.89. The summed E-state index contributed by atoms with van der Waals surface area (Å²) < 4.78 is 0. The molecule has 2 aromatic carbocycles. The minimum atomic E-state index is -0.729. The van der Waals surface area contributed by atoms with Crippen molar-refractivity contribution >= 4 is 23.5 Å². The standard InChI is InChI=1S/C14H10N4O6/c19-13-5-4-12(18(23)24)7-10(13)8-15-16-14(20)9-2-1-3-11(6-9)17(21)22/h1-8,19H,(H,16,20)/p-1/b15-8-. The first-order valence-corrected chi connectivity index (χ1v) is 6.42. The number of hydrazone groups is 1. The van der Waals surface area contributed by atoms with Gasteiger partial charge >= 0.3 is 0 Å². The highest BCUT2D eigenvalue weighted by molar-refractivity contribution is 5.95. The van der Waals surface area contributed by atoms with Crippen molar-refractivity contribution in [2.75, 3.05) is 0 Å². The molecular weight excluding hydrogens is 320 g/mol. The molecule has 0 heterocycles. The fraction of sp³-hybridized carbons (Fsp3) is 0. The summed E-state index contributed by atoms with van der Waals surface area (Å²) in [5.41, 5.74) is 1.46. The minimum Gasteiger partial charge on any atom is -0.872 e. The molecule has 0 spiro atoms. The summed E-state index contributed by atoms with van der Waals surface area (Å²) in [5.74, 6) is -1.23. The van der Waals surface area contributed by atoms with Gasteiger partial charge in [0, 0.05) is 29.8 Å². The van der Waals surface area contributed by atoms with Gasteiger partial charge < -0.3 is 5.11 Å². The maximum Gasteiger partial charge on any atom is 0.271 e. The van der Waals surface area contributed by atoms with E-state index in [2.05, 4.69) is 10.5 Å². The van der Waals surface area contributed by atoms with Gasteiger partial charge in [0.15, 0.2) is 0 Å². The van der Waals surface area contributed by atoms with E-state index in [1.165, 1.54) is 18.2 Å². The molecule has 0 aliphatic rings. The van der Waals surface area contributed by atoms with Crippen LogP contribution in [-0.4, -0.2) is 22.0 Å². The van der Waals surface area contributed by atoms with Crippen LogP contribution >= 0.6 is 0 Å². The molecule has 1 N–H and O–H groups in total. The Morgan fingerprint density at radius 3 is 2.38 bits per heavy atom. The van der Waals surface area contributed by atoms with Crippen LogP contribution in [0.3, 0.4) is 0 Å². The molecule has 0 aliphatic carbocycles. The van der Waals surface area contributed by atoms with E-state index >= 15 is 0 Å². The van der Waals surface area contributed by atoms with E-state index in [-0.39, 0.29) is 22.5 Å². The lowest BCUT2D eigenvalue weighted by Crippen LogP contribution is -2.17. The zero-order chi connectivity index (χ0) is 17.7. The Hall–Kier alpha value is -3.82. The topological polar surface area (TPSA) is 151 Å². The smallest absolute Gasteiger partial charge is 0.271 e. The van der Waals surface area contributed by atoms with Crippen molar-refractivity contribution in [1.29, 1.82) is 0 Å². The molecule has 0 saturated carbocycles. The summed E-state index contributed by atoms with van der Waals surface area (Å²) in [6, 6.07) is 8.08. The summed E-state index contributed by atoms with van der Waals surface area (Å²) in [6.45, 7) is 0. The van der Waals surface area contributed by atoms with Gasteiger partial charge in [0.2, 0.25) is 0 Å². The molecule has 0 fully saturated rings. The number of nitro groups is 2. The van der Waals surface area contributed by atoms with E-state index in [4.69, 9.17) is 0 Å². The highest BCUT2D eigenvalue weighted by Crippen LogP contribution is 2.19. The van der Waals surface area contributed by atoms with Gasteiger partial charge in [0.1, 0.15) is 0 Å². The molecule has 0 unspecified atom stereocenters. The van der Waals surface area contributed by atoms with Crippen LogP contribution in [0, 0.1) is 20.2 Å². The fourth-order valence-electron chi connectivity index (χ4n) is 1.74. The number of nitrogens with one attached hydrogen (secondary N) is 1. The van der Waals surface area contributed by atoms with Crippen LogP contribution in [0.2, 0.25) is 0 Å². The Labute approximate surface area is 134 Å². The molecule has 10 heteroatoms. The summed E-state index contributed by atoms with van der Waals surface area (Å²) in [5, 5.41) is 36.4. The van der Waals surface area contributed by atoms with Crippen LogP contribution < -0.4 is 10.5 Å². The van der Waals surface area contributed by atoms with Crippen LogP contribution in [-0.2, 0) is 0 Å². The Balaban J connectivity index is 2.13. The number of non-ortho nitro benzene ring substituents is 2. The average molecular weight is 329 g/mol. The van der Waals surface area contributed by atoms with Crippen molar-refractivity contribution < 1.29 is 19.7 Å². The number of nitro benzene ring substituents is 2. The third-order valence-corrected chi connectivity index (χ3v) is 2.89. The zero-order valence-corrected chi connectivity index (χ0v) is 11.9. The maximum atomic E-state index is 11.8. The van der Waals surface area contributed by atoms with E-state index in [9.17, 15) is 30.1 Å². The van der Waals surface area contributed by atoms with Gasteiger partial charge in [-0.05, 0) is 11.6 Å². The van der Waals surface area contributed by atoms with E-state index < -0.39 is 21.5 Å². The van der Waals surface area contributed by atoms with E-state index in [0.29, 0.717) is 0 Å². The predicted molar refractivity (Wildman–Crippen MR) is 80.7 cm³/mol. The number of hydrogen-bond donors (Lipinski definition) is 1. The number of benzene rings is 2. The maximum absolute atomic E-state index is 11.8. The highest BCUT2D eigenvalue weighted by Gasteiger charge is 2.11. The summed E-state index contributed by atoms with van der Waals surface area (Å²) in [4.78, 5) is 31.8. The Bertz CT molecular complexity index is 849. The van der Waals surface area contributed by atoms with Crippen LogP contribution in [0.1, 0.15) is 15.9 Å². The lowest BCUT2D eigenvalue weighted by atomic mass is 10.2. The van der Waals surface area contributed by atoms with Gasteiger partial charge in [-0.1, -0.05) is 17.9 Å². The van der Waals surface area contributed by atoms with E-state index in [1.54, 1.807) is 0 Å². The molecule has 0 radical (unpaired) electrons. The number of carbonyl (C=O) groups excluding carboxylic acids is 1. The van der Waals surface area contributed by atoms with Gasteiger partial charge in [-0.15, -0.1) is 0 Å². The molecule has 0 aliphatic heterocycles. The first-order valence-electron chi connectivity index (χ1n) is 6.42.